The van der Waals surface area contributed by atoms with Crippen LogP contribution in [-0.4, -0.2) is 61.2 Å². The topological polar surface area (TPSA) is 86.2 Å². The van der Waals surface area contributed by atoms with Gasteiger partial charge in [0.05, 0.1) is 7.11 Å². The summed E-state index contributed by atoms with van der Waals surface area (Å²) in [5.74, 6) is 1.63. The van der Waals surface area contributed by atoms with Crippen LogP contribution in [0.4, 0.5) is 0 Å². The quantitative estimate of drug-likeness (QED) is 0.499. The molecule has 3 N–H and O–H groups in total. The second-order valence-electron chi connectivity index (χ2n) is 7.09. The summed E-state index contributed by atoms with van der Waals surface area (Å²) >= 11 is 0. The molecule has 27 heavy (non-hydrogen) atoms. The fraction of sp³-hybridized carbons (Fsp3) is 0.600. The second-order valence-corrected chi connectivity index (χ2v) is 7.09. The molecular weight excluding hydrogens is 344 g/mol. The third-order valence-electron chi connectivity index (χ3n) is 4.59. The normalized spacial score (nSPS) is 17.3. The van der Waals surface area contributed by atoms with Crippen LogP contribution in [0.15, 0.2) is 23.2 Å². The first kappa shape index (κ1) is 20.9. The molecule has 1 amide bonds. The summed E-state index contributed by atoms with van der Waals surface area (Å²) in [7, 11) is 1.54. The molecule has 1 unspecified atom stereocenters. The van der Waals surface area contributed by atoms with Crippen LogP contribution in [0, 0.1) is 5.92 Å². The van der Waals surface area contributed by atoms with Crippen molar-refractivity contribution in [3.63, 3.8) is 0 Å². The maximum atomic E-state index is 12.1. The smallest absolute Gasteiger partial charge is 0.225 e. The molecule has 0 radical (unpaired) electrons. The number of nitrogens with one attached hydrogen (secondary N) is 2. The zero-order valence-electron chi connectivity index (χ0n) is 16.8. The molecule has 1 fully saturated rings. The van der Waals surface area contributed by atoms with Gasteiger partial charge < -0.3 is 25.4 Å². The number of phenols is 1. The maximum absolute atomic E-state index is 12.1. The summed E-state index contributed by atoms with van der Waals surface area (Å²) in [6.45, 7) is 8.81. The van der Waals surface area contributed by atoms with Crippen LogP contribution in [0.3, 0.4) is 0 Å². The zero-order valence-corrected chi connectivity index (χ0v) is 16.8. The number of amides is 1. The number of carbonyl (C=O) groups excluding carboxylic acids is 1. The molecule has 1 heterocycles. The number of likely N-dealkylation sites (tertiary alicyclic amines) is 1. The van der Waals surface area contributed by atoms with E-state index in [4.69, 9.17) is 4.74 Å². The molecule has 1 aromatic rings. The Labute approximate surface area is 161 Å². The Morgan fingerprint density at radius 2 is 2.22 bits per heavy atom. The van der Waals surface area contributed by atoms with Crippen LogP contribution >= 0.6 is 0 Å². The van der Waals surface area contributed by atoms with E-state index in [-0.39, 0.29) is 23.6 Å². The summed E-state index contributed by atoms with van der Waals surface area (Å²) in [4.78, 5) is 18.7. The molecule has 1 saturated heterocycles. The van der Waals surface area contributed by atoms with Crippen LogP contribution in [0.25, 0.3) is 0 Å². The van der Waals surface area contributed by atoms with Gasteiger partial charge >= 0.3 is 0 Å². The zero-order chi connectivity index (χ0) is 19.8. The molecule has 7 nitrogen and oxygen atoms in total. The Hall–Kier alpha value is -2.44. The monoisotopic (exact) mass is 376 g/mol. The first-order valence-electron chi connectivity index (χ1n) is 9.64. The summed E-state index contributed by atoms with van der Waals surface area (Å²) in [6.07, 6.45) is 1.67. The van der Waals surface area contributed by atoms with Gasteiger partial charge in [0.25, 0.3) is 0 Å². The SMILES string of the molecule is CCNC(=NCCc1ccc(O)c(OC)c1)NC1CCN(C(=O)C(C)C)C1. The lowest BCUT2D eigenvalue weighted by molar-refractivity contribution is -0.133. The van der Waals surface area contributed by atoms with Gasteiger partial charge in [0, 0.05) is 38.1 Å². The molecule has 0 aromatic heterocycles. The van der Waals surface area contributed by atoms with E-state index in [0.29, 0.717) is 12.3 Å². The van der Waals surface area contributed by atoms with E-state index in [9.17, 15) is 9.90 Å². The van der Waals surface area contributed by atoms with Gasteiger partial charge in [-0.15, -0.1) is 0 Å². The number of hydrogen-bond acceptors (Lipinski definition) is 4. The Balaban J connectivity index is 1.90. The standard InChI is InChI=1S/C20H32N4O3/c1-5-21-20(23-16-9-11-24(13-16)19(26)14(2)3)22-10-8-15-6-7-17(25)18(12-15)27-4/h6-7,12,14,16,25H,5,8-11,13H2,1-4H3,(H2,21,22,23). The van der Waals surface area contributed by atoms with Crippen LogP contribution in [0.5, 0.6) is 11.5 Å². The van der Waals surface area contributed by atoms with Crippen LogP contribution in [-0.2, 0) is 11.2 Å². The van der Waals surface area contributed by atoms with E-state index in [2.05, 4.69) is 15.6 Å². The highest BCUT2D eigenvalue weighted by molar-refractivity contribution is 5.81. The number of phenolic OH excluding ortho intramolecular Hbond substituents is 1. The first-order chi connectivity index (χ1) is 12.9. The molecule has 0 spiro atoms. The van der Waals surface area contributed by atoms with Gasteiger partial charge in [-0.1, -0.05) is 19.9 Å². The third kappa shape index (κ3) is 6.05. The first-order valence-corrected chi connectivity index (χ1v) is 9.64. The third-order valence-corrected chi connectivity index (χ3v) is 4.59. The van der Waals surface area contributed by atoms with Crippen LogP contribution in [0.2, 0.25) is 0 Å². The highest BCUT2D eigenvalue weighted by Crippen LogP contribution is 2.26. The van der Waals surface area contributed by atoms with Gasteiger partial charge in [0.2, 0.25) is 5.91 Å². The van der Waals surface area contributed by atoms with Crippen molar-refractivity contribution in [2.24, 2.45) is 10.9 Å². The predicted octanol–water partition coefficient (Wildman–Crippen LogP) is 1.76. The average molecular weight is 377 g/mol. The van der Waals surface area contributed by atoms with Crippen molar-refractivity contribution in [3.05, 3.63) is 23.8 Å². The van der Waals surface area contributed by atoms with Crippen molar-refractivity contribution in [3.8, 4) is 11.5 Å². The molecule has 0 bridgehead atoms. The van der Waals surface area contributed by atoms with Crippen molar-refractivity contribution in [2.45, 2.75) is 39.7 Å². The number of guanidine groups is 1. The number of ether oxygens (including phenoxy) is 1. The van der Waals surface area contributed by atoms with Gasteiger partial charge in [-0.05, 0) is 37.5 Å². The van der Waals surface area contributed by atoms with Gasteiger partial charge in [-0.2, -0.15) is 0 Å². The van der Waals surface area contributed by atoms with Crippen LogP contribution in [0.1, 0.15) is 32.8 Å². The lowest BCUT2D eigenvalue weighted by Crippen LogP contribution is -2.45. The van der Waals surface area contributed by atoms with Crippen molar-refractivity contribution in [1.29, 1.82) is 0 Å². The minimum atomic E-state index is 0.0351. The number of carbonyl (C=O) groups is 1. The summed E-state index contributed by atoms with van der Waals surface area (Å²) in [6, 6.07) is 5.57. The lowest BCUT2D eigenvalue weighted by Gasteiger charge is -2.20. The molecule has 2 rings (SSSR count). The van der Waals surface area contributed by atoms with Crippen molar-refractivity contribution in [2.75, 3.05) is 33.3 Å². The Bertz CT molecular complexity index is 661. The number of hydrogen-bond donors (Lipinski definition) is 3. The van der Waals surface area contributed by atoms with E-state index in [1.54, 1.807) is 13.2 Å². The van der Waals surface area contributed by atoms with Gasteiger partial charge in [-0.3, -0.25) is 9.79 Å². The minimum Gasteiger partial charge on any atom is -0.504 e. The van der Waals surface area contributed by atoms with E-state index in [0.717, 1.165) is 44.0 Å². The highest BCUT2D eigenvalue weighted by atomic mass is 16.5. The van der Waals surface area contributed by atoms with E-state index < -0.39 is 0 Å². The summed E-state index contributed by atoms with van der Waals surface area (Å²) in [5, 5.41) is 16.4. The molecular formula is C20H32N4O3. The number of aliphatic imine (C=N–C) groups is 1. The highest BCUT2D eigenvalue weighted by Gasteiger charge is 2.27. The summed E-state index contributed by atoms with van der Waals surface area (Å²) < 4.78 is 5.14. The average Bonchev–Trinajstić information content (AvgIpc) is 3.10. The van der Waals surface area contributed by atoms with Crippen molar-refractivity contribution < 1.29 is 14.6 Å². The Kier molecular flexibility index (Phi) is 7.76. The number of aromatic hydroxyl groups is 1. The fourth-order valence-corrected chi connectivity index (χ4v) is 3.13. The van der Waals surface area contributed by atoms with Crippen LogP contribution < -0.4 is 15.4 Å². The summed E-state index contributed by atoms with van der Waals surface area (Å²) in [5.41, 5.74) is 1.05. The molecule has 1 atom stereocenters. The van der Waals surface area contributed by atoms with Gasteiger partial charge in [0.15, 0.2) is 17.5 Å². The number of nitrogens with zero attached hydrogens (tertiary/aromatic N) is 2. The number of benzene rings is 1. The Morgan fingerprint density at radius 3 is 2.89 bits per heavy atom. The molecule has 0 aliphatic carbocycles. The van der Waals surface area contributed by atoms with E-state index >= 15 is 0 Å². The van der Waals surface area contributed by atoms with E-state index in [1.165, 1.54) is 0 Å². The lowest BCUT2D eigenvalue weighted by atomic mass is 10.1. The molecule has 150 valence electrons. The van der Waals surface area contributed by atoms with Crippen molar-refractivity contribution in [1.82, 2.24) is 15.5 Å². The molecule has 1 aromatic carbocycles. The largest absolute Gasteiger partial charge is 0.504 e. The number of rotatable bonds is 7. The molecule has 7 heteroatoms. The predicted molar refractivity (Wildman–Crippen MR) is 107 cm³/mol. The number of methoxy groups -OCH3 is 1. The van der Waals surface area contributed by atoms with Crippen molar-refractivity contribution >= 4 is 11.9 Å². The minimum absolute atomic E-state index is 0.0351. The molecule has 1 aliphatic rings. The Morgan fingerprint density at radius 1 is 1.44 bits per heavy atom. The second kappa shape index (κ2) is 10.0. The maximum Gasteiger partial charge on any atom is 0.225 e. The fourth-order valence-electron chi connectivity index (χ4n) is 3.13. The molecule has 0 saturated carbocycles. The molecule has 1 aliphatic heterocycles. The van der Waals surface area contributed by atoms with Gasteiger partial charge in [0.1, 0.15) is 0 Å². The van der Waals surface area contributed by atoms with E-state index in [1.807, 2.05) is 37.8 Å². The van der Waals surface area contributed by atoms with Gasteiger partial charge in [-0.25, -0.2) is 0 Å².